The zero-order valence-electron chi connectivity index (χ0n) is 15.1. The Morgan fingerprint density at radius 3 is 2.42 bits per heavy atom. The van der Waals surface area contributed by atoms with E-state index in [1.807, 2.05) is 0 Å². The molecule has 0 saturated carbocycles. The van der Waals surface area contributed by atoms with Crippen LogP contribution in [0.1, 0.15) is 37.7 Å². The van der Waals surface area contributed by atoms with Crippen molar-refractivity contribution < 1.29 is 0 Å². The quantitative estimate of drug-likeness (QED) is 0.394. The summed E-state index contributed by atoms with van der Waals surface area (Å²) >= 11 is 0. The molecule has 1 aliphatic rings. The Morgan fingerprint density at radius 1 is 0.731 bits per heavy atom. The number of fused-ring (bicyclic) bond motifs is 3. The summed E-state index contributed by atoms with van der Waals surface area (Å²) in [4.78, 5) is 4.96. The number of pyridine rings is 1. The van der Waals surface area contributed by atoms with Crippen LogP contribution in [0, 0.1) is 0 Å². The molecule has 5 rings (SSSR count). The Bertz CT molecular complexity index is 1060. The normalized spacial score (nSPS) is 15.4. The van der Waals surface area contributed by atoms with E-state index < -0.39 is 0 Å². The lowest BCUT2D eigenvalue weighted by molar-refractivity contribution is 0.566. The molecule has 0 aliphatic carbocycles. The van der Waals surface area contributed by atoms with Gasteiger partial charge in [-0.25, -0.2) is 0 Å². The third kappa shape index (κ3) is 2.52. The Kier molecular flexibility index (Phi) is 3.97. The third-order valence-corrected chi connectivity index (χ3v) is 5.76. The van der Waals surface area contributed by atoms with Crippen LogP contribution in [0.5, 0.6) is 0 Å². The molecule has 2 aromatic carbocycles. The van der Waals surface area contributed by atoms with Gasteiger partial charge in [0, 0.05) is 40.2 Å². The average Bonchev–Trinajstić information content (AvgIpc) is 3.03. The highest BCUT2D eigenvalue weighted by molar-refractivity contribution is 6.09. The second-order valence-corrected chi connectivity index (χ2v) is 7.40. The van der Waals surface area contributed by atoms with Gasteiger partial charge in [0.15, 0.2) is 0 Å². The van der Waals surface area contributed by atoms with Crippen LogP contribution in [0.3, 0.4) is 0 Å². The third-order valence-electron chi connectivity index (χ3n) is 5.76. The van der Waals surface area contributed by atoms with Gasteiger partial charge in [-0.3, -0.25) is 4.98 Å². The van der Waals surface area contributed by atoms with Crippen LogP contribution in [0.15, 0.2) is 60.8 Å². The van der Waals surface area contributed by atoms with Crippen molar-refractivity contribution in [2.75, 3.05) is 0 Å². The van der Waals surface area contributed by atoms with Crippen LogP contribution >= 0.6 is 0 Å². The smallest absolute Gasteiger partial charge is 0.0755 e. The van der Waals surface area contributed by atoms with E-state index in [2.05, 4.69) is 65.4 Å². The highest BCUT2D eigenvalue weighted by Gasteiger charge is 2.19. The van der Waals surface area contributed by atoms with Crippen LogP contribution < -0.4 is 0 Å². The molecule has 0 bridgehead atoms. The first kappa shape index (κ1) is 15.6. The largest absolute Gasteiger partial charge is 0.340 e. The molecule has 0 radical (unpaired) electrons. The van der Waals surface area contributed by atoms with Crippen LogP contribution in [0.25, 0.3) is 33.1 Å². The summed E-state index contributed by atoms with van der Waals surface area (Å²) in [5, 5.41) is 2.66. The van der Waals surface area contributed by atoms with Crippen LogP contribution in [-0.2, 0) is 13.0 Å². The van der Waals surface area contributed by atoms with Crippen molar-refractivity contribution in [2.45, 2.75) is 45.1 Å². The van der Waals surface area contributed by atoms with E-state index in [0.717, 1.165) is 13.0 Å². The Morgan fingerprint density at radius 2 is 1.50 bits per heavy atom. The lowest BCUT2D eigenvalue weighted by Gasteiger charge is -2.16. The number of rotatable bonds is 1. The van der Waals surface area contributed by atoms with Crippen molar-refractivity contribution in [2.24, 2.45) is 0 Å². The minimum absolute atomic E-state index is 1.11. The van der Waals surface area contributed by atoms with Gasteiger partial charge in [0.05, 0.1) is 11.2 Å². The van der Waals surface area contributed by atoms with Crippen LogP contribution in [0.2, 0.25) is 0 Å². The number of hydrogen-bond donors (Lipinski definition) is 0. The van der Waals surface area contributed by atoms with Gasteiger partial charge in [-0.1, -0.05) is 67.8 Å². The fraction of sp³-hybridized carbons (Fsp3) is 0.292. The number of hydrogen-bond acceptors (Lipinski definition) is 1. The first-order valence-corrected chi connectivity index (χ1v) is 9.88. The first-order chi connectivity index (χ1) is 12.9. The number of para-hydroxylation sites is 1. The molecule has 0 unspecified atom stereocenters. The monoisotopic (exact) mass is 340 g/mol. The topological polar surface area (TPSA) is 17.8 Å². The minimum atomic E-state index is 1.11. The van der Waals surface area contributed by atoms with E-state index in [9.17, 15) is 0 Å². The predicted molar refractivity (Wildman–Crippen MR) is 109 cm³/mol. The second-order valence-electron chi connectivity index (χ2n) is 7.40. The standard InChI is InChI=1S/C24H24N2/c1-2-7-14-20-23(18-11-5-4-6-12-18)25-17-21-19-13-8-9-15-22(19)26(24(20)21)16-10-3-1/h4-6,8-9,11-13,15,17H,1-3,7,10,14,16H2. The van der Waals surface area contributed by atoms with Crippen molar-refractivity contribution in [3.05, 3.63) is 66.4 Å². The second kappa shape index (κ2) is 6.60. The SMILES string of the molecule is c1ccc(-c2ncc3c4ccccc4n4c3c2CCCCCCC4)cc1. The number of benzene rings is 2. The first-order valence-electron chi connectivity index (χ1n) is 9.88. The highest BCUT2D eigenvalue weighted by atomic mass is 15.0. The summed E-state index contributed by atoms with van der Waals surface area (Å²) in [6.45, 7) is 1.11. The van der Waals surface area contributed by atoms with E-state index in [4.69, 9.17) is 4.98 Å². The number of aryl methyl sites for hydroxylation is 2. The Labute approximate surface area is 154 Å². The van der Waals surface area contributed by atoms with Gasteiger partial charge < -0.3 is 4.57 Å². The molecule has 0 spiro atoms. The van der Waals surface area contributed by atoms with Gasteiger partial charge in [-0.2, -0.15) is 0 Å². The molecule has 2 heteroatoms. The van der Waals surface area contributed by atoms with Gasteiger partial charge in [-0.15, -0.1) is 0 Å². The lowest BCUT2D eigenvalue weighted by atomic mass is 9.97. The summed E-state index contributed by atoms with van der Waals surface area (Å²) in [5.74, 6) is 0. The Balaban J connectivity index is 1.87. The van der Waals surface area contributed by atoms with Crippen molar-refractivity contribution in [1.82, 2.24) is 9.55 Å². The molecule has 4 aromatic rings. The summed E-state index contributed by atoms with van der Waals surface area (Å²) in [6.07, 6.45) is 9.73. The highest BCUT2D eigenvalue weighted by Crippen LogP contribution is 2.36. The molecule has 1 aliphatic heterocycles. The van der Waals surface area contributed by atoms with Crippen molar-refractivity contribution in [3.8, 4) is 11.3 Å². The van der Waals surface area contributed by atoms with Crippen LogP contribution in [-0.4, -0.2) is 9.55 Å². The predicted octanol–water partition coefficient (Wildman–Crippen LogP) is 6.36. The van der Waals surface area contributed by atoms with E-state index in [0.29, 0.717) is 0 Å². The molecule has 26 heavy (non-hydrogen) atoms. The molecule has 2 aromatic heterocycles. The maximum Gasteiger partial charge on any atom is 0.0755 e. The summed E-state index contributed by atoms with van der Waals surface area (Å²) in [5.41, 5.74) is 6.62. The molecule has 3 heterocycles. The van der Waals surface area contributed by atoms with Gasteiger partial charge in [0.2, 0.25) is 0 Å². The fourth-order valence-corrected chi connectivity index (χ4v) is 4.52. The molecular formula is C24H24N2. The zero-order chi connectivity index (χ0) is 17.3. The Hall–Kier alpha value is -2.61. The molecule has 130 valence electrons. The summed E-state index contributed by atoms with van der Waals surface area (Å²) in [6, 6.07) is 19.5. The van der Waals surface area contributed by atoms with E-state index >= 15 is 0 Å². The molecule has 0 amide bonds. The van der Waals surface area contributed by atoms with Gasteiger partial charge in [0.1, 0.15) is 0 Å². The summed E-state index contributed by atoms with van der Waals surface area (Å²) < 4.78 is 2.57. The maximum atomic E-state index is 4.96. The van der Waals surface area contributed by atoms with Crippen LogP contribution in [0.4, 0.5) is 0 Å². The van der Waals surface area contributed by atoms with E-state index in [1.54, 1.807) is 0 Å². The van der Waals surface area contributed by atoms with E-state index in [1.165, 1.54) is 70.7 Å². The van der Waals surface area contributed by atoms with Crippen molar-refractivity contribution in [3.63, 3.8) is 0 Å². The minimum Gasteiger partial charge on any atom is -0.340 e. The number of nitrogens with zero attached hydrogens (tertiary/aromatic N) is 2. The molecular weight excluding hydrogens is 316 g/mol. The molecule has 2 nitrogen and oxygen atoms in total. The van der Waals surface area contributed by atoms with E-state index in [-0.39, 0.29) is 0 Å². The summed E-state index contributed by atoms with van der Waals surface area (Å²) in [7, 11) is 0. The molecule has 0 fully saturated rings. The average molecular weight is 340 g/mol. The zero-order valence-corrected chi connectivity index (χ0v) is 15.1. The lowest BCUT2D eigenvalue weighted by Crippen LogP contribution is -2.04. The molecule has 0 N–H and O–H groups in total. The van der Waals surface area contributed by atoms with Crippen molar-refractivity contribution >= 4 is 21.8 Å². The van der Waals surface area contributed by atoms with Gasteiger partial charge >= 0.3 is 0 Å². The maximum absolute atomic E-state index is 4.96. The van der Waals surface area contributed by atoms with Gasteiger partial charge in [-0.05, 0) is 25.3 Å². The molecule has 0 saturated heterocycles. The number of aromatic nitrogens is 2. The van der Waals surface area contributed by atoms with Gasteiger partial charge in [0.25, 0.3) is 0 Å². The fourth-order valence-electron chi connectivity index (χ4n) is 4.52. The van der Waals surface area contributed by atoms with Crippen molar-refractivity contribution in [1.29, 1.82) is 0 Å². The molecule has 0 atom stereocenters.